The van der Waals surface area contributed by atoms with Gasteiger partial charge in [-0.3, -0.25) is 9.59 Å². The van der Waals surface area contributed by atoms with E-state index in [9.17, 15) is 9.59 Å². The molecule has 1 saturated heterocycles. The lowest BCUT2D eigenvalue weighted by atomic mass is 10.00. The minimum atomic E-state index is -0.435. The summed E-state index contributed by atoms with van der Waals surface area (Å²) < 4.78 is 6.67. The van der Waals surface area contributed by atoms with Crippen LogP contribution in [0.3, 0.4) is 0 Å². The minimum Gasteiger partial charge on any atom is -0.455 e. The van der Waals surface area contributed by atoms with Crippen molar-refractivity contribution in [2.24, 2.45) is 5.92 Å². The maximum absolute atomic E-state index is 11.9. The van der Waals surface area contributed by atoms with Crippen LogP contribution in [0, 0.1) is 9.49 Å². The van der Waals surface area contributed by atoms with Crippen molar-refractivity contribution in [2.75, 3.05) is 30.8 Å². The average Bonchev–Trinajstić information content (AvgIpc) is 2.60. The number of rotatable bonds is 5. The van der Waals surface area contributed by atoms with E-state index in [0.717, 1.165) is 39.7 Å². The summed E-state index contributed by atoms with van der Waals surface area (Å²) in [6.45, 7) is 3.84. The Bertz CT molecular complexity index is 634. The zero-order valence-electron chi connectivity index (χ0n) is 14.0. The molecule has 1 N–H and O–H groups in total. The first-order valence-corrected chi connectivity index (χ1v) is 10.5. The third-order valence-corrected chi connectivity index (χ3v) is 6.31. The topological polar surface area (TPSA) is 58.6 Å². The van der Waals surface area contributed by atoms with Crippen molar-refractivity contribution >= 4 is 68.5 Å². The normalized spacial score (nSPS) is 14.9. The number of nitrogens with one attached hydrogen (secondary N) is 1. The Morgan fingerprint density at radius 3 is 2.72 bits per heavy atom. The van der Waals surface area contributed by atoms with Gasteiger partial charge in [0.05, 0.1) is 11.4 Å². The number of hydrogen-bond acceptors (Lipinski definition) is 5. The summed E-state index contributed by atoms with van der Waals surface area (Å²) in [6, 6.07) is 7.42. The number of thioether (sulfide) groups is 1. The summed E-state index contributed by atoms with van der Waals surface area (Å²) in [5.74, 6) is 0.0759. The van der Waals surface area contributed by atoms with Crippen LogP contribution in [-0.4, -0.2) is 46.5 Å². The molecule has 1 aliphatic rings. The summed E-state index contributed by atoms with van der Waals surface area (Å²) in [7, 11) is 0. The van der Waals surface area contributed by atoms with Crippen LogP contribution in [0.15, 0.2) is 24.3 Å². The molecule has 0 unspecified atom stereocenters. The van der Waals surface area contributed by atoms with E-state index >= 15 is 0 Å². The number of nitrogens with zero attached hydrogens (tertiary/aromatic N) is 1. The number of hydrogen-bond donors (Lipinski definition) is 1. The lowest BCUT2D eigenvalue weighted by Crippen LogP contribution is -2.36. The van der Waals surface area contributed by atoms with E-state index < -0.39 is 5.97 Å². The predicted octanol–water partition coefficient (Wildman–Crippen LogP) is 3.52. The first kappa shape index (κ1) is 20.4. The number of amides is 1. The average molecular weight is 492 g/mol. The number of anilines is 1. The van der Waals surface area contributed by atoms with E-state index in [2.05, 4.69) is 39.7 Å². The first-order chi connectivity index (χ1) is 12.0. The highest BCUT2D eigenvalue weighted by Gasteiger charge is 2.19. The molecule has 1 aromatic carbocycles. The summed E-state index contributed by atoms with van der Waals surface area (Å²) in [5.41, 5.74) is 0.707. The van der Waals surface area contributed by atoms with Gasteiger partial charge in [0.1, 0.15) is 4.32 Å². The maximum atomic E-state index is 11.9. The van der Waals surface area contributed by atoms with Gasteiger partial charge in [0.25, 0.3) is 5.91 Å². The van der Waals surface area contributed by atoms with Gasteiger partial charge in [0, 0.05) is 16.7 Å². The van der Waals surface area contributed by atoms with Crippen LogP contribution in [0.4, 0.5) is 5.69 Å². The van der Waals surface area contributed by atoms with Crippen LogP contribution in [-0.2, 0) is 14.3 Å². The Balaban J connectivity index is 1.66. The van der Waals surface area contributed by atoms with E-state index in [1.54, 1.807) is 6.07 Å². The quantitative estimate of drug-likeness (QED) is 0.386. The molecule has 136 valence electrons. The summed E-state index contributed by atoms with van der Waals surface area (Å²) >= 11 is 8.80. The second-order valence-corrected chi connectivity index (χ2v) is 8.68. The van der Waals surface area contributed by atoms with Crippen LogP contribution in [0.2, 0.25) is 0 Å². The Kier molecular flexibility index (Phi) is 8.44. The molecular weight excluding hydrogens is 471 g/mol. The number of carbonyl (C=O) groups excluding carboxylic acids is 2. The molecule has 1 amide bonds. The molecule has 0 bridgehead atoms. The molecule has 0 aromatic heterocycles. The Hall–Kier alpha value is -0.870. The fourth-order valence-electron chi connectivity index (χ4n) is 2.34. The summed E-state index contributed by atoms with van der Waals surface area (Å²) in [6.07, 6.45) is 2.26. The zero-order chi connectivity index (χ0) is 18.2. The summed E-state index contributed by atoms with van der Waals surface area (Å²) in [4.78, 5) is 25.8. The van der Waals surface area contributed by atoms with E-state index in [-0.39, 0.29) is 18.3 Å². The smallest absolute Gasteiger partial charge is 0.316 e. The molecule has 0 atom stereocenters. The number of piperidine rings is 1. The molecule has 0 radical (unpaired) electrons. The van der Waals surface area contributed by atoms with Crippen molar-refractivity contribution in [1.82, 2.24) is 4.90 Å². The number of para-hydroxylation sites is 1. The predicted molar refractivity (Wildman–Crippen MR) is 114 cm³/mol. The van der Waals surface area contributed by atoms with Gasteiger partial charge in [-0.2, -0.15) is 0 Å². The largest absolute Gasteiger partial charge is 0.455 e. The number of esters is 1. The van der Waals surface area contributed by atoms with Crippen molar-refractivity contribution in [3.05, 3.63) is 27.8 Å². The van der Waals surface area contributed by atoms with Gasteiger partial charge in [-0.25, -0.2) is 0 Å². The molecule has 0 spiro atoms. The molecule has 0 saturated carbocycles. The second-order valence-electron chi connectivity index (χ2n) is 5.91. The van der Waals surface area contributed by atoms with Crippen molar-refractivity contribution < 1.29 is 14.3 Å². The maximum Gasteiger partial charge on any atom is 0.316 e. The third kappa shape index (κ3) is 7.10. The zero-order valence-corrected chi connectivity index (χ0v) is 17.8. The van der Waals surface area contributed by atoms with Crippen LogP contribution < -0.4 is 5.32 Å². The molecule has 5 nitrogen and oxygen atoms in total. The number of halogens is 1. The second kappa shape index (κ2) is 10.3. The molecular formula is C17H21IN2O3S2. The summed E-state index contributed by atoms with van der Waals surface area (Å²) in [5, 5.41) is 2.72. The minimum absolute atomic E-state index is 0.126. The third-order valence-electron chi connectivity index (χ3n) is 3.87. The van der Waals surface area contributed by atoms with E-state index in [0.29, 0.717) is 5.69 Å². The number of thiocarbonyl (C=S) groups is 1. The highest BCUT2D eigenvalue weighted by molar-refractivity contribution is 14.1. The number of benzene rings is 1. The fourth-order valence-corrected chi connectivity index (χ4v) is 3.91. The molecule has 1 aromatic rings. The Labute approximate surface area is 171 Å². The van der Waals surface area contributed by atoms with E-state index in [4.69, 9.17) is 17.0 Å². The van der Waals surface area contributed by atoms with Crippen LogP contribution in [0.25, 0.3) is 0 Å². The van der Waals surface area contributed by atoms with E-state index in [1.165, 1.54) is 11.8 Å². The molecule has 2 rings (SSSR count). The van der Waals surface area contributed by atoms with Crippen molar-refractivity contribution in [1.29, 1.82) is 0 Å². The molecule has 1 heterocycles. The highest BCUT2D eigenvalue weighted by atomic mass is 127. The SMILES string of the molecule is CC1CCN(C(=S)SCC(=O)OCC(=O)Nc2ccccc2I)CC1. The molecule has 8 heteroatoms. The number of carbonyl (C=O) groups is 2. The molecule has 0 aliphatic carbocycles. The lowest BCUT2D eigenvalue weighted by Gasteiger charge is -2.31. The van der Waals surface area contributed by atoms with Gasteiger partial charge < -0.3 is 15.0 Å². The standard InChI is InChI=1S/C17H21IN2O3S2/c1-12-6-8-20(9-7-12)17(24)25-11-16(22)23-10-15(21)19-14-5-3-2-4-13(14)18/h2-5,12H,6-11H2,1H3,(H,19,21). The van der Waals surface area contributed by atoms with Gasteiger partial charge >= 0.3 is 5.97 Å². The fraction of sp³-hybridized carbons (Fsp3) is 0.471. The Morgan fingerprint density at radius 2 is 2.04 bits per heavy atom. The van der Waals surface area contributed by atoms with Gasteiger partial charge in [-0.15, -0.1) is 0 Å². The monoisotopic (exact) mass is 492 g/mol. The Morgan fingerprint density at radius 1 is 1.36 bits per heavy atom. The highest BCUT2D eigenvalue weighted by Crippen LogP contribution is 2.20. The van der Waals surface area contributed by atoms with Gasteiger partial charge in [-0.05, 0) is 53.5 Å². The molecule has 25 heavy (non-hydrogen) atoms. The molecule has 1 aliphatic heterocycles. The van der Waals surface area contributed by atoms with Crippen molar-refractivity contribution in [3.8, 4) is 0 Å². The van der Waals surface area contributed by atoms with Crippen LogP contribution in [0.5, 0.6) is 0 Å². The lowest BCUT2D eigenvalue weighted by molar-refractivity contribution is -0.144. The van der Waals surface area contributed by atoms with Gasteiger partial charge in [0.15, 0.2) is 6.61 Å². The van der Waals surface area contributed by atoms with Gasteiger partial charge in [0.2, 0.25) is 0 Å². The van der Waals surface area contributed by atoms with E-state index in [1.807, 2.05) is 18.2 Å². The van der Waals surface area contributed by atoms with Crippen molar-refractivity contribution in [3.63, 3.8) is 0 Å². The van der Waals surface area contributed by atoms with Gasteiger partial charge in [-0.1, -0.05) is 43.0 Å². The van der Waals surface area contributed by atoms with Crippen molar-refractivity contribution in [2.45, 2.75) is 19.8 Å². The number of likely N-dealkylation sites (tertiary alicyclic amines) is 1. The number of ether oxygens (including phenoxy) is 1. The molecule has 1 fully saturated rings. The van der Waals surface area contributed by atoms with Crippen LogP contribution >= 0.6 is 46.6 Å². The van der Waals surface area contributed by atoms with Crippen LogP contribution in [0.1, 0.15) is 19.8 Å². The first-order valence-electron chi connectivity index (χ1n) is 8.07.